The standard InChI is InChI=1S/C11H15F2NO2/c12-11(13)5-9(6-11)1-8(2-9)3-10(14,4-8)7(15)16/h1-6,14H2,(H,15,16). The second kappa shape index (κ2) is 2.42. The molecule has 3 N–H and O–H groups in total. The van der Waals surface area contributed by atoms with Gasteiger partial charge < -0.3 is 10.8 Å². The zero-order valence-corrected chi connectivity index (χ0v) is 8.93. The summed E-state index contributed by atoms with van der Waals surface area (Å²) >= 11 is 0. The Bertz CT molecular complexity index is 356. The number of alkyl halides is 2. The van der Waals surface area contributed by atoms with E-state index in [1.54, 1.807) is 0 Å². The van der Waals surface area contributed by atoms with Crippen LogP contribution in [0.5, 0.6) is 0 Å². The Morgan fingerprint density at radius 2 is 1.44 bits per heavy atom. The van der Waals surface area contributed by atoms with Gasteiger partial charge in [0.25, 0.3) is 0 Å². The van der Waals surface area contributed by atoms with E-state index in [0.29, 0.717) is 12.8 Å². The first kappa shape index (κ1) is 10.4. The number of carboxylic acids is 1. The molecular weight excluding hydrogens is 216 g/mol. The van der Waals surface area contributed by atoms with Crippen molar-refractivity contribution in [2.24, 2.45) is 16.6 Å². The lowest BCUT2D eigenvalue weighted by molar-refractivity contribution is -0.258. The first-order valence-corrected chi connectivity index (χ1v) is 5.59. The quantitative estimate of drug-likeness (QED) is 0.722. The van der Waals surface area contributed by atoms with Crippen molar-refractivity contribution in [2.75, 3.05) is 0 Å². The average Bonchev–Trinajstić information content (AvgIpc) is 1.93. The third kappa shape index (κ3) is 1.18. The molecule has 0 amide bonds. The summed E-state index contributed by atoms with van der Waals surface area (Å²) in [6.45, 7) is 0. The van der Waals surface area contributed by atoms with Gasteiger partial charge in [0.2, 0.25) is 5.92 Å². The number of aliphatic carboxylic acids is 1. The Hall–Kier alpha value is -0.710. The van der Waals surface area contributed by atoms with Gasteiger partial charge in [-0.05, 0) is 36.5 Å². The van der Waals surface area contributed by atoms with Gasteiger partial charge in [0.1, 0.15) is 5.54 Å². The van der Waals surface area contributed by atoms with Crippen molar-refractivity contribution in [3.8, 4) is 0 Å². The van der Waals surface area contributed by atoms with Crippen LogP contribution < -0.4 is 5.73 Å². The molecule has 0 heterocycles. The Morgan fingerprint density at radius 3 is 1.81 bits per heavy atom. The molecule has 0 aromatic rings. The SMILES string of the molecule is NC1(C(=O)O)CC2(CC3(CC(F)(F)C3)C2)C1. The molecule has 3 nitrogen and oxygen atoms in total. The van der Waals surface area contributed by atoms with Crippen LogP contribution in [0.3, 0.4) is 0 Å². The van der Waals surface area contributed by atoms with Crippen LogP contribution in [-0.2, 0) is 4.79 Å². The van der Waals surface area contributed by atoms with E-state index >= 15 is 0 Å². The van der Waals surface area contributed by atoms with Gasteiger partial charge in [0.15, 0.2) is 0 Å². The summed E-state index contributed by atoms with van der Waals surface area (Å²) in [5, 5.41) is 8.88. The molecule has 90 valence electrons. The fourth-order valence-corrected chi connectivity index (χ4v) is 4.52. The zero-order valence-electron chi connectivity index (χ0n) is 8.93. The van der Waals surface area contributed by atoms with Crippen LogP contribution in [0.1, 0.15) is 38.5 Å². The largest absolute Gasteiger partial charge is 0.480 e. The molecule has 0 aromatic carbocycles. The molecule has 2 spiro atoms. The topological polar surface area (TPSA) is 63.3 Å². The van der Waals surface area contributed by atoms with Crippen molar-refractivity contribution in [3.05, 3.63) is 0 Å². The lowest BCUT2D eigenvalue weighted by Crippen LogP contribution is -2.71. The van der Waals surface area contributed by atoms with Crippen molar-refractivity contribution in [3.63, 3.8) is 0 Å². The Labute approximate surface area is 92.0 Å². The summed E-state index contributed by atoms with van der Waals surface area (Å²) in [6.07, 6.45) is 2.41. The third-order valence-corrected chi connectivity index (χ3v) is 4.57. The highest BCUT2D eigenvalue weighted by atomic mass is 19.3. The van der Waals surface area contributed by atoms with Gasteiger partial charge in [-0.15, -0.1) is 0 Å². The van der Waals surface area contributed by atoms with E-state index in [-0.39, 0.29) is 23.7 Å². The number of rotatable bonds is 1. The molecule has 3 aliphatic rings. The Kier molecular flexibility index (Phi) is 1.58. The van der Waals surface area contributed by atoms with Crippen molar-refractivity contribution in [1.82, 2.24) is 0 Å². The van der Waals surface area contributed by atoms with E-state index in [1.807, 2.05) is 0 Å². The molecule has 3 rings (SSSR count). The molecule has 3 saturated carbocycles. The van der Waals surface area contributed by atoms with Gasteiger partial charge >= 0.3 is 5.97 Å². The molecule has 3 aliphatic carbocycles. The maximum absolute atomic E-state index is 12.8. The molecule has 0 bridgehead atoms. The van der Waals surface area contributed by atoms with Gasteiger partial charge in [-0.2, -0.15) is 0 Å². The van der Waals surface area contributed by atoms with Crippen molar-refractivity contribution < 1.29 is 18.7 Å². The molecule has 0 aliphatic heterocycles. The lowest BCUT2D eigenvalue weighted by Gasteiger charge is -2.69. The fraction of sp³-hybridized carbons (Fsp3) is 0.909. The summed E-state index contributed by atoms with van der Waals surface area (Å²) in [6, 6.07) is 0. The molecule has 0 saturated heterocycles. The number of carbonyl (C=O) groups is 1. The second-order valence-corrected chi connectivity index (χ2v) is 6.38. The molecule has 5 heteroatoms. The predicted molar refractivity (Wildman–Crippen MR) is 52.1 cm³/mol. The number of carboxylic acid groups (broad SMARTS) is 1. The number of halogens is 2. The van der Waals surface area contributed by atoms with Gasteiger partial charge in [-0.25, -0.2) is 8.78 Å². The highest BCUT2D eigenvalue weighted by Gasteiger charge is 2.72. The van der Waals surface area contributed by atoms with Gasteiger partial charge in [-0.3, -0.25) is 4.79 Å². The normalized spacial score (nSPS) is 34.9. The molecule has 16 heavy (non-hydrogen) atoms. The highest BCUT2D eigenvalue weighted by Crippen LogP contribution is 2.75. The molecule has 0 unspecified atom stereocenters. The number of hydrogen-bond acceptors (Lipinski definition) is 2. The van der Waals surface area contributed by atoms with E-state index in [4.69, 9.17) is 10.8 Å². The van der Waals surface area contributed by atoms with Crippen LogP contribution in [-0.4, -0.2) is 22.5 Å². The van der Waals surface area contributed by atoms with Crippen LogP contribution in [0.15, 0.2) is 0 Å². The second-order valence-electron chi connectivity index (χ2n) is 6.38. The summed E-state index contributed by atoms with van der Waals surface area (Å²) in [5.41, 5.74) is 4.39. The van der Waals surface area contributed by atoms with E-state index in [0.717, 1.165) is 12.8 Å². The minimum absolute atomic E-state index is 0.00755. The highest BCUT2D eigenvalue weighted by molar-refractivity contribution is 5.80. The summed E-state index contributed by atoms with van der Waals surface area (Å²) in [7, 11) is 0. The Balaban J connectivity index is 1.59. The van der Waals surface area contributed by atoms with Crippen molar-refractivity contribution >= 4 is 5.97 Å². The fourth-order valence-electron chi connectivity index (χ4n) is 4.52. The number of hydrogen-bond donors (Lipinski definition) is 2. The first-order valence-electron chi connectivity index (χ1n) is 5.59. The van der Waals surface area contributed by atoms with Crippen LogP contribution in [0.2, 0.25) is 0 Å². The Morgan fingerprint density at radius 1 is 1.00 bits per heavy atom. The molecule has 0 atom stereocenters. The van der Waals surface area contributed by atoms with Gasteiger partial charge in [0, 0.05) is 12.8 Å². The van der Waals surface area contributed by atoms with Gasteiger partial charge in [-0.1, -0.05) is 0 Å². The van der Waals surface area contributed by atoms with Crippen LogP contribution in [0.25, 0.3) is 0 Å². The van der Waals surface area contributed by atoms with E-state index in [9.17, 15) is 13.6 Å². The van der Waals surface area contributed by atoms with Crippen LogP contribution >= 0.6 is 0 Å². The smallest absolute Gasteiger partial charge is 0.323 e. The lowest BCUT2D eigenvalue weighted by atomic mass is 9.36. The maximum atomic E-state index is 12.8. The van der Waals surface area contributed by atoms with E-state index < -0.39 is 17.4 Å². The molecule has 3 fully saturated rings. The van der Waals surface area contributed by atoms with Crippen molar-refractivity contribution in [1.29, 1.82) is 0 Å². The molecule has 0 aromatic heterocycles. The third-order valence-electron chi connectivity index (χ3n) is 4.57. The van der Waals surface area contributed by atoms with Crippen LogP contribution in [0, 0.1) is 10.8 Å². The maximum Gasteiger partial charge on any atom is 0.323 e. The predicted octanol–water partition coefficient (Wildman–Crippen LogP) is 1.76. The zero-order chi connectivity index (χ0) is 11.8. The minimum atomic E-state index is -2.47. The van der Waals surface area contributed by atoms with Gasteiger partial charge in [0.05, 0.1) is 0 Å². The summed E-state index contributed by atoms with van der Waals surface area (Å²) < 4.78 is 25.6. The summed E-state index contributed by atoms with van der Waals surface area (Å²) in [4.78, 5) is 10.8. The average molecular weight is 231 g/mol. The molecule has 0 radical (unpaired) electrons. The summed E-state index contributed by atoms with van der Waals surface area (Å²) in [5.74, 6) is -3.43. The van der Waals surface area contributed by atoms with E-state index in [2.05, 4.69) is 0 Å². The first-order chi connectivity index (χ1) is 7.19. The molecular formula is C11H15F2NO2. The van der Waals surface area contributed by atoms with Crippen molar-refractivity contribution in [2.45, 2.75) is 50.0 Å². The monoisotopic (exact) mass is 231 g/mol. The van der Waals surface area contributed by atoms with E-state index in [1.165, 1.54) is 0 Å². The number of nitrogens with two attached hydrogens (primary N) is 1. The minimum Gasteiger partial charge on any atom is -0.480 e. The van der Waals surface area contributed by atoms with Crippen LogP contribution in [0.4, 0.5) is 8.78 Å².